The molecule has 1 N–H and O–H groups in total. The lowest BCUT2D eigenvalue weighted by molar-refractivity contribution is 0.880. The summed E-state index contributed by atoms with van der Waals surface area (Å²) in [6.07, 6.45) is 0. The number of nitrogens with zero attached hydrogens (tertiary/aromatic N) is 1. The first-order valence-corrected chi connectivity index (χ1v) is 5.49. The number of nitrogens with one attached hydrogen (secondary N) is 1. The van der Waals surface area contributed by atoms with E-state index in [0.717, 1.165) is 16.6 Å². The normalized spacial score (nSPS) is 12.3. The van der Waals surface area contributed by atoms with Gasteiger partial charge in [-0.3, -0.25) is 0 Å². The number of H-pyrrole nitrogens is 1. The highest BCUT2D eigenvalue weighted by atomic mass is 35.5. The summed E-state index contributed by atoms with van der Waals surface area (Å²) in [5.74, 6) is 0.592. The molecule has 0 fully saturated rings. The van der Waals surface area contributed by atoms with Crippen LogP contribution >= 0.6 is 23.2 Å². The molecule has 15 heavy (non-hydrogen) atoms. The van der Waals surface area contributed by atoms with Crippen LogP contribution in [0.1, 0.15) is 23.9 Å². The minimum atomic E-state index is -0.973. The van der Waals surface area contributed by atoms with Gasteiger partial charge in [0.1, 0.15) is 5.82 Å². The van der Waals surface area contributed by atoms with E-state index in [0.29, 0.717) is 5.82 Å². The Morgan fingerprint density at radius 2 is 1.93 bits per heavy atom. The fourth-order valence-electron chi connectivity index (χ4n) is 1.52. The molecule has 1 aromatic carbocycles. The van der Waals surface area contributed by atoms with Crippen LogP contribution in [0.15, 0.2) is 12.1 Å². The number of hydrogen-bond donors (Lipinski definition) is 1. The molecule has 2 rings (SSSR count). The number of aryl methyl sites for hydroxylation is 2. The zero-order valence-electron chi connectivity index (χ0n) is 8.86. The van der Waals surface area contributed by atoms with Crippen LogP contribution in [0.4, 0.5) is 0 Å². The second-order valence-corrected chi connectivity index (χ2v) is 5.58. The molecule has 2 aromatic rings. The molecule has 0 bridgehead atoms. The van der Waals surface area contributed by atoms with Crippen LogP contribution in [-0.4, -0.2) is 9.97 Å². The summed E-state index contributed by atoms with van der Waals surface area (Å²) in [5.41, 5.74) is 4.29. The zero-order valence-corrected chi connectivity index (χ0v) is 10.4. The van der Waals surface area contributed by atoms with Crippen molar-refractivity contribution >= 4 is 34.2 Å². The zero-order chi connectivity index (χ0) is 11.2. The summed E-state index contributed by atoms with van der Waals surface area (Å²) in [5, 5.41) is 0. The van der Waals surface area contributed by atoms with Gasteiger partial charge in [0.05, 0.1) is 11.0 Å². The Labute approximate surface area is 98.6 Å². The largest absolute Gasteiger partial charge is 0.339 e. The van der Waals surface area contributed by atoms with Gasteiger partial charge in [-0.1, -0.05) is 29.3 Å². The van der Waals surface area contributed by atoms with E-state index in [1.807, 2.05) is 13.0 Å². The highest BCUT2D eigenvalue weighted by molar-refractivity contribution is 6.47. The number of fused-ring (bicyclic) bond motifs is 1. The molecule has 80 valence electrons. The number of alkyl halides is 2. The Hall–Kier alpha value is -0.730. The summed E-state index contributed by atoms with van der Waals surface area (Å²) in [4.78, 5) is 7.55. The minimum absolute atomic E-state index is 0.592. The molecule has 0 atom stereocenters. The van der Waals surface area contributed by atoms with E-state index < -0.39 is 4.33 Å². The van der Waals surface area contributed by atoms with Gasteiger partial charge < -0.3 is 4.98 Å². The summed E-state index contributed by atoms with van der Waals surface area (Å²) in [7, 11) is 0. The average Bonchev–Trinajstić information content (AvgIpc) is 2.55. The third-order valence-corrected chi connectivity index (χ3v) is 2.95. The fraction of sp³-hybridized carbons (Fsp3) is 0.364. The van der Waals surface area contributed by atoms with E-state index in [1.165, 1.54) is 5.56 Å². The van der Waals surface area contributed by atoms with Gasteiger partial charge in [-0.15, -0.1) is 0 Å². The van der Waals surface area contributed by atoms with E-state index in [4.69, 9.17) is 23.2 Å². The molecule has 0 unspecified atom stereocenters. The van der Waals surface area contributed by atoms with Crippen LogP contribution in [0.3, 0.4) is 0 Å². The van der Waals surface area contributed by atoms with Gasteiger partial charge in [0.25, 0.3) is 0 Å². The van der Waals surface area contributed by atoms with Crippen molar-refractivity contribution in [2.75, 3.05) is 0 Å². The summed E-state index contributed by atoms with van der Waals surface area (Å²) < 4.78 is -0.973. The van der Waals surface area contributed by atoms with E-state index in [1.54, 1.807) is 6.92 Å². The van der Waals surface area contributed by atoms with Gasteiger partial charge in [-0.2, -0.15) is 0 Å². The first-order chi connectivity index (χ1) is 6.89. The van der Waals surface area contributed by atoms with Gasteiger partial charge in [0.15, 0.2) is 4.33 Å². The standard InChI is InChI=1S/C11H12Cl2N2/c1-6-4-5-8-9(7(6)2)15-10(14-8)11(3,12)13/h4-5H,1-3H3,(H,14,15). The lowest BCUT2D eigenvalue weighted by atomic mass is 10.1. The first kappa shape index (κ1) is 10.8. The van der Waals surface area contributed by atoms with E-state index in [-0.39, 0.29) is 0 Å². The Morgan fingerprint density at radius 1 is 1.27 bits per heavy atom. The topological polar surface area (TPSA) is 28.7 Å². The van der Waals surface area contributed by atoms with Crippen LogP contribution in [0.2, 0.25) is 0 Å². The molecule has 0 saturated heterocycles. The maximum atomic E-state index is 5.99. The van der Waals surface area contributed by atoms with Crippen LogP contribution in [0.25, 0.3) is 11.0 Å². The molecule has 0 radical (unpaired) electrons. The Kier molecular flexibility index (Phi) is 2.44. The van der Waals surface area contributed by atoms with E-state index >= 15 is 0 Å². The van der Waals surface area contributed by atoms with Crippen molar-refractivity contribution in [2.24, 2.45) is 0 Å². The van der Waals surface area contributed by atoms with Gasteiger partial charge in [-0.05, 0) is 38.0 Å². The Morgan fingerprint density at radius 3 is 2.53 bits per heavy atom. The number of halogens is 2. The van der Waals surface area contributed by atoms with Crippen LogP contribution < -0.4 is 0 Å². The van der Waals surface area contributed by atoms with Gasteiger partial charge in [-0.25, -0.2) is 4.98 Å². The van der Waals surface area contributed by atoms with Crippen molar-refractivity contribution in [1.82, 2.24) is 9.97 Å². The number of aromatic nitrogens is 2. The van der Waals surface area contributed by atoms with Crippen molar-refractivity contribution in [3.8, 4) is 0 Å². The molecule has 0 aliphatic carbocycles. The van der Waals surface area contributed by atoms with Gasteiger partial charge in [0, 0.05) is 0 Å². The lowest BCUT2D eigenvalue weighted by Gasteiger charge is -2.07. The SMILES string of the molecule is Cc1ccc2[nH]c(C(C)(Cl)Cl)nc2c1C. The van der Waals surface area contributed by atoms with Crippen LogP contribution in [-0.2, 0) is 4.33 Å². The summed E-state index contributed by atoms with van der Waals surface area (Å²) in [6.45, 7) is 5.81. The highest BCUT2D eigenvalue weighted by Crippen LogP contribution is 2.32. The maximum Gasteiger partial charge on any atom is 0.172 e. The monoisotopic (exact) mass is 242 g/mol. The number of benzene rings is 1. The number of rotatable bonds is 1. The Bertz CT molecular complexity index is 509. The van der Waals surface area contributed by atoms with Crippen molar-refractivity contribution in [2.45, 2.75) is 25.1 Å². The molecular formula is C11H12Cl2N2. The molecular weight excluding hydrogens is 231 g/mol. The minimum Gasteiger partial charge on any atom is -0.339 e. The molecule has 0 saturated carbocycles. The Balaban J connectivity index is 2.72. The second kappa shape index (κ2) is 3.39. The van der Waals surface area contributed by atoms with Gasteiger partial charge >= 0.3 is 0 Å². The lowest BCUT2D eigenvalue weighted by Crippen LogP contribution is -2.05. The molecule has 0 aliphatic heterocycles. The van der Waals surface area contributed by atoms with Crippen LogP contribution in [0.5, 0.6) is 0 Å². The number of imidazole rings is 1. The predicted molar refractivity (Wildman–Crippen MR) is 64.6 cm³/mol. The fourth-order valence-corrected chi connectivity index (χ4v) is 1.70. The second-order valence-electron chi connectivity index (χ2n) is 3.88. The van der Waals surface area contributed by atoms with Crippen LogP contribution in [0, 0.1) is 13.8 Å². The molecule has 0 amide bonds. The molecule has 0 spiro atoms. The third kappa shape index (κ3) is 1.84. The number of aromatic amines is 1. The smallest absolute Gasteiger partial charge is 0.172 e. The molecule has 1 aromatic heterocycles. The van der Waals surface area contributed by atoms with E-state index in [9.17, 15) is 0 Å². The van der Waals surface area contributed by atoms with Crippen molar-refractivity contribution in [3.05, 3.63) is 29.1 Å². The quantitative estimate of drug-likeness (QED) is 0.757. The van der Waals surface area contributed by atoms with Crippen molar-refractivity contribution < 1.29 is 0 Å². The van der Waals surface area contributed by atoms with Crippen molar-refractivity contribution in [1.29, 1.82) is 0 Å². The predicted octanol–water partition coefficient (Wildman–Crippen LogP) is 3.83. The molecule has 2 nitrogen and oxygen atoms in total. The molecule has 1 heterocycles. The summed E-state index contributed by atoms with van der Waals surface area (Å²) in [6, 6.07) is 4.05. The van der Waals surface area contributed by atoms with E-state index in [2.05, 4.69) is 23.0 Å². The van der Waals surface area contributed by atoms with Crippen molar-refractivity contribution in [3.63, 3.8) is 0 Å². The molecule has 4 heteroatoms. The highest BCUT2D eigenvalue weighted by Gasteiger charge is 2.24. The maximum absolute atomic E-state index is 5.99. The summed E-state index contributed by atoms with van der Waals surface area (Å²) >= 11 is 12.0. The molecule has 0 aliphatic rings. The van der Waals surface area contributed by atoms with Gasteiger partial charge in [0.2, 0.25) is 0 Å². The number of hydrogen-bond acceptors (Lipinski definition) is 1. The first-order valence-electron chi connectivity index (χ1n) is 4.74. The average molecular weight is 243 g/mol. The third-order valence-electron chi connectivity index (χ3n) is 2.59.